The average molecular weight is 398 g/mol. The zero-order valence-corrected chi connectivity index (χ0v) is 16.4. The van der Waals surface area contributed by atoms with E-state index in [1.165, 1.54) is 11.1 Å². The molecule has 2 N–H and O–H groups in total. The van der Waals surface area contributed by atoms with Crippen LogP contribution in [-0.4, -0.2) is 17.9 Å². The molecule has 0 aromatic heterocycles. The summed E-state index contributed by atoms with van der Waals surface area (Å²) in [6, 6.07) is 22.9. The summed E-state index contributed by atoms with van der Waals surface area (Å²) in [6.07, 6.45) is 1.86. The lowest BCUT2D eigenvalue weighted by molar-refractivity contribution is -0.122. The lowest BCUT2D eigenvalue weighted by Gasteiger charge is -2.15. The molecule has 1 heterocycles. The largest absolute Gasteiger partial charge is 0.480 e. The van der Waals surface area contributed by atoms with Gasteiger partial charge in [-0.1, -0.05) is 48.5 Å². The van der Waals surface area contributed by atoms with Crippen molar-refractivity contribution in [3.63, 3.8) is 0 Å². The first-order chi connectivity index (χ1) is 14.7. The minimum absolute atomic E-state index is 0.0253. The maximum atomic E-state index is 12.8. The van der Waals surface area contributed by atoms with Crippen LogP contribution in [0.2, 0.25) is 0 Å². The smallest absolute Gasteiger partial charge is 0.265 e. The van der Waals surface area contributed by atoms with Gasteiger partial charge in [-0.2, -0.15) is 0 Å². The summed E-state index contributed by atoms with van der Waals surface area (Å²) in [5.74, 6) is 0.397. The van der Waals surface area contributed by atoms with Crippen molar-refractivity contribution in [2.24, 2.45) is 0 Å². The summed E-state index contributed by atoms with van der Waals surface area (Å²) < 4.78 is 5.75. The first-order valence-electron chi connectivity index (χ1n) is 10.2. The van der Waals surface area contributed by atoms with Crippen LogP contribution in [0.25, 0.3) is 0 Å². The van der Waals surface area contributed by atoms with Crippen LogP contribution in [-0.2, 0) is 17.6 Å². The fraction of sp³-hybridized carbons (Fsp3) is 0.200. The Balaban J connectivity index is 1.25. The standard InChI is InChI=1S/C25H22N2O3/c28-24(27-21-13-12-16-6-1-3-10-20(16)21)18-8-5-9-19(14-18)26-25(29)23-15-17-7-2-4-11-22(17)30-23/h1-11,14,21,23H,12-13,15H2,(H,26,29)(H,27,28). The van der Waals surface area contributed by atoms with Crippen LogP contribution < -0.4 is 15.4 Å². The third-order valence-corrected chi connectivity index (χ3v) is 5.77. The van der Waals surface area contributed by atoms with Crippen molar-refractivity contribution in [3.8, 4) is 5.75 Å². The molecule has 3 aromatic rings. The van der Waals surface area contributed by atoms with E-state index in [0.29, 0.717) is 17.7 Å². The second kappa shape index (κ2) is 7.67. The number of aryl methyl sites for hydroxylation is 1. The molecule has 0 spiro atoms. The summed E-state index contributed by atoms with van der Waals surface area (Å²) in [5, 5.41) is 6.00. The number of hydrogen-bond acceptors (Lipinski definition) is 3. The predicted octanol–water partition coefficient (Wildman–Crippen LogP) is 4.05. The van der Waals surface area contributed by atoms with E-state index in [2.05, 4.69) is 22.8 Å². The van der Waals surface area contributed by atoms with E-state index in [-0.39, 0.29) is 17.9 Å². The Kier molecular flexibility index (Phi) is 4.71. The molecule has 0 bridgehead atoms. The van der Waals surface area contributed by atoms with Crippen molar-refractivity contribution in [1.29, 1.82) is 0 Å². The monoisotopic (exact) mass is 398 g/mol. The summed E-state index contributed by atoms with van der Waals surface area (Å²) in [6.45, 7) is 0. The van der Waals surface area contributed by atoms with Gasteiger partial charge < -0.3 is 15.4 Å². The van der Waals surface area contributed by atoms with E-state index in [4.69, 9.17) is 4.74 Å². The number of carbonyl (C=O) groups is 2. The molecule has 2 amide bonds. The maximum Gasteiger partial charge on any atom is 0.265 e. The van der Waals surface area contributed by atoms with Crippen LogP contribution >= 0.6 is 0 Å². The lowest BCUT2D eigenvalue weighted by Crippen LogP contribution is -2.31. The van der Waals surface area contributed by atoms with Gasteiger partial charge in [-0.25, -0.2) is 0 Å². The van der Waals surface area contributed by atoms with E-state index in [0.717, 1.165) is 24.2 Å². The number of amides is 2. The molecule has 30 heavy (non-hydrogen) atoms. The Hall–Kier alpha value is -3.60. The summed E-state index contributed by atoms with van der Waals surface area (Å²) in [5.41, 5.74) is 4.61. The van der Waals surface area contributed by atoms with Crippen LogP contribution in [0.4, 0.5) is 5.69 Å². The molecule has 2 aliphatic rings. The van der Waals surface area contributed by atoms with Gasteiger partial charge in [-0.15, -0.1) is 0 Å². The molecule has 1 aliphatic heterocycles. The Bertz CT molecular complexity index is 1100. The molecule has 0 saturated carbocycles. The van der Waals surface area contributed by atoms with Crippen LogP contribution in [0.15, 0.2) is 72.8 Å². The molecular formula is C25H22N2O3. The Morgan fingerprint density at radius 3 is 2.57 bits per heavy atom. The highest BCUT2D eigenvalue weighted by molar-refractivity contribution is 5.98. The second-order valence-electron chi connectivity index (χ2n) is 7.75. The molecule has 5 rings (SSSR count). The Morgan fingerprint density at radius 2 is 1.70 bits per heavy atom. The van der Waals surface area contributed by atoms with Crippen molar-refractivity contribution < 1.29 is 14.3 Å². The highest BCUT2D eigenvalue weighted by Gasteiger charge is 2.29. The van der Waals surface area contributed by atoms with E-state index >= 15 is 0 Å². The van der Waals surface area contributed by atoms with E-state index in [1.807, 2.05) is 36.4 Å². The molecule has 3 aromatic carbocycles. The quantitative estimate of drug-likeness (QED) is 0.697. The van der Waals surface area contributed by atoms with Crippen molar-refractivity contribution in [2.45, 2.75) is 31.4 Å². The third kappa shape index (κ3) is 3.54. The van der Waals surface area contributed by atoms with Gasteiger partial charge in [0, 0.05) is 17.7 Å². The van der Waals surface area contributed by atoms with Crippen molar-refractivity contribution >= 4 is 17.5 Å². The summed E-state index contributed by atoms with van der Waals surface area (Å²) in [7, 11) is 0. The molecule has 0 saturated heterocycles. The van der Waals surface area contributed by atoms with Gasteiger partial charge in [-0.3, -0.25) is 9.59 Å². The number of hydrogen-bond donors (Lipinski definition) is 2. The van der Waals surface area contributed by atoms with E-state index < -0.39 is 6.10 Å². The lowest BCUT2D eigenvalue weighted by atomic mass is 10.1. The molecule has 5 heteroatoms. The molecular weight excluding hydrogens is 376 g/mol. The van der Waals surface area contributed by atoms with Crippen molar-refractivity contribution in [1.82, 2.24) is 5.32 Å². The number of carbonyl (C=O) groups excluding carboxylic acids is 2. The minimum Gasteiger partial charge on any atom is -0.480 e. The molecule has 0 fully saturated rings. The highest BCUT2D eigenvalue weighted by atomic mass is 16.5. The van der Waals surface area contributed by atoms with Gasteiger partial charge >= 0.3 is 0 Å². The number of nitrogens with one attached hydrogen (secondary N) is 2. The number of benzene rings is 3. The first-order valence-corrected chi connectivity index (χ1v) is 10.2. The SMILES string of the molecule is O=C(NC1CCc2ccccc21)c1cccc(NC(=O)C2Cc3ccccc3O2)c1. The zero-order chi connectivity index (χ0) is 20.5. The third-order valence-electron chi connectivity index (χ3n) is 5.77. The van der Waals surface area contributed by atoms with Crippen molar-refractivity contribution in [2.75, 3.05) is 5.32 Å². The van der Waals surface area contributed by atoms with Gasteiger partial charge in [0.25, 0.3) is 11.8 Å². The zero-order valence-electron chi connectivity index (χ0n) is 16.4. The molecule has 0 radical (unpaired) electrons. The van der Waals surface area contributed by atoms with Gasteiger partial charge in [0.05, 0.1) is 6.04 Å². The van der Waals surface area contributed by atoms with Crippen LogP contribution in [0, 0.1) is 0 Å². The van der Waals surface area contributed by atoms with Gasteiger partial charge in [0.1, 0.15) is 5.75 Å². The molecule has 2 atom stereocenters. The molecule has 150 valence electrons. The molecule has 2 unspecified atom stereocenters. The summed E-state index contributed by atoms with van der Waals surface area (Å²) >= 11 is 0. The van der Waals surface area contributed by atoms with Gasteiger partial charge in [0.15, 0.2) is 6.10 Å². The number of ether oxygens (including phenoxy) is 1. The number of fused-ring (bicyclic) bond motifs is 2. The summed E-state index contributed by atoms with van der Waals surface area (Å²) in [4.78, 5) is 25.4. The fourth-order valence-corrected chi connectivity index (χ4v) is 4.24. The normalized spacial score (nSPS) is 18.8. The van der Waals surface area contributed by atoms with Crippen molar-refractivity contribution in [3.05, 3.63) is 95.1 Å². The Labute approximate surface area is 175 Å². The maximum absolute atomic E-state index is 12.8. The van der Waals surface area contributed by atoms with Crippen LogP contribution in [0.1, 0.15) is 39.5 Å². The fourth-order valence-electron chi connectivity index (χ4n) is 4.24. The number of rotatable bonds is 4. The number of para-hydroxylation sites is 1. The van der Waals surface area contributed by atoms with Gasteiger partial charge in [0.2, 0.25) is 0 Å². The highest BCUT2D eigenvalue weighted by Crippen LogP contribution is 2.31. The van der Waals surface area contributed by atoms with Crippen LogP contribution in [0.3, 0.4) is 0 Å². The minimum atomic E-state index is -0.560. The van der Waals surface area contributed by atoms with E-state index in [1.54, 1.807) is 24.3 Å². The van der Waals surface area contributed by atoms with E-state index in [9.17, 15) is 9.59 Å². The second-order valence-corrected chi connectivity index (χ2v) is 7.75. The Morgan fingerprint density at radius 1 is 0.900 bits per heavy atom. The first kappa shape index (κ1) is 18.4. The average Bonchev–Trinajstić information content (AvgIpc) is 3.38. The molecule has 1 aliphatic carbocycles. The topological polar surface area (TPSA) is 67.4 Å². The molecule has 5 nitrogen and oxygen atoms in total. The predicted molar refractivity (Wildman–Crippen MR) is 115 cm³/mol. The van der Waals surface area contributed by atoms with Gasteiger partial charge in [-0.05, 0) is 53.8 Å². The number of anilines is 1. The van der Waals surface area contributed by atoms with Crippen LogP contribution in [0.5, 0.6) is 5.75 Å².